The van der Waals surface area contributed by atoms with Gasteiger partial charge >= 0.3 is 0 Å². The van der Waals surface area contributed by atoms with Crippen molar-refractivity contribution in [2.75, 3.05) is 10.6 Å². The summed E-state index contributed by atoms with van der Waals surface area (Å²) in [5.41, 5.74) is 12.4. The van der Waals surface area contributed by atoms with E-state index in [1.807, 2.05) is 59.7 Å². The maximum Gasteiger partial charge on any atom is 0.248 e. The molecule has 0 atom stereocenters. The summed E-state index contributed by atoms with van der Waals surface area (Å²) in [6.07, 6.45) is 0.970. The number of halogens is 7. The number of anilines is 2. The number of aromatic nitrogens is 10. The molecule has 7 aromatic heterocycles. The number of hydrogen-bond acceptors (Lipinski definition) is 10. The fourth-order valence-electron chi connectivity index (χ4n) is 8.12. The van der Waals surface area contributed by atoms with Crippen LogP contribution >= 0.6 is 34.8 Å². The first kappa shape index (κ1) is 56.7. The van der Waals surface area contributed by atoms with Gasteiger partial charge in [0.25, 0.3) is 0 Å². The topological polar surface area (TPSA) is 185 Å². The molecule has 0 radical (unpaired) electrons. The number of primary amides is 1. The molecule has 2 saturated carbocycles. The molecule has 0 spiro atoms. The first-order valence-corrected chi connectivity index (χ1v) is 24.4. The third kappa shape index (κ3) is 16.2. The number of nitrogens with one attached hydrogen (secondary N) is 2. The van der Waals surface area contributed by atoms with Crippen LogP contribution < -0.4 is 16.4 Å². The lowest BCUT2D eigenvalue weighted by Gasteiger charge is -2.29. The molecule has 1 amide bonds. The predicted molar refractivity (Wildman–Crippen MR) is 281 cm³/mol. The molecular weight excluding hydrogens is 1040 g/mol. The molecule has 2 aliphatic carbocycles. The molecule has 2 fully saturated rings. The third-order valence-electron chi connectivity index (χ3n) is 11.6. The van der Waals surface area contributed by atoms with Crippen molar-refractivity contribution in [2.45, 2.75) is 117 Å². The number of alkyl halides is 4. The van der Waals surface area contributed by atoms with E-state index in [2.05, 4.69) is 60.4 Å². The maximum atomic E-state index is 13.3. The summed E-state index contributed by atoms with van der Waals surface area (Å²) < 4.78 is 58.1. The second kappa shape index (κ2) is 24.6. The molecule has 2 aliphatic rings. The Kier molecular flexibility index (Phi) is 18.6. The van der Waals surface area contributed by atoms with Gasteiger partial charge in [-0.3, -0.25) is 4.79 Å². The van der Waals surface area contributed by atoms with E-state index < -0.39 is 17.8 Å². The highest BCUT2D eigenvalue weighted by atomic mass is 35.5. The summed E-state index contributed by atoms with van der Waals surface area (Å²) in [5.74, 6) is -3.17. The number of nitrogens with two attached hydrogens (primary N) is 1. The van der Waals surface area contributed by atoms with Gasteiger partial charge in [-0.2, -0.15) is 15.3 Å². The zero-order valence-corrected chi connectivity index (χ0v) is 43.9. The monoisotopic (exact) mass is 1080 g/mol. The Labute approximate surface area is 445 Å². The van der Waals surface area contributed by atoms with Crippen molar-refractivity contribution >= 4 is 69.4 Å². The van der Waals surface area contributed by atoms with Crippen molar-refractivity contribution in [3.05, 3.63) is 156 Å². The van der Waals surface area contributed by atoms with Crippen LogP contribution in [0.25, 0.3) is 32.0 Å². The average Bonchev–Trinajstić information content (AvgIpc) is 4.01. The van der Waals surface area contributed by atoms with E-state index in [1.54, 1.807) is 44.4 Å². The quantitative estimate of drug-likeness (QED) is 0.0751. The highest BCUT2D eigenvalue weighted by molar-refractivity contribution is 6.32. The first-order valence-electron chi connectivity index (χ1n) is 23.3. The van der Waals surface area contributed by atoms with Crippen LogP contribution in [0, 0.1) is 61.3 Å². The lowest BCUT2D eigenvalue weighted by molar-refractivity contribution is -0.0366. The Balaban J connectivity index is 0.000000170. The summed E-state index contributed by atoms with van der Waals surface area (Å²) in [5, 5.41) is 20.2. The van der Waals surface area contributed by atoms with E-state index in [0.717, 1.165) is 34.2 Å². The summed E-state index contributed by atoms with van der Waals surface area (Å²) in [4.78, 5) is 38.4. The zero-order chi connectivity index (χ0) is 54.8. The van der Waals surface area contributed by atoms with Crippen LogP contribution in [0.4, 0.5) is 46.3 Å². The molecule has 7 heterocycles. The Morgan fingerprint density at radius 2 is 0.867 bits per heavy atom. The number of amides is 1. The van der Waals surface area contributed by atoms with E-state index >= 15 is 0 Å². The fourth-order valence-corrected chi connectivity index (χ4v) is 8.77. The van der Waals surface area contributed by atoms with E-state index in [-0.39, 0.29) is 48.1 Å². The number of pyridine rings is 4. The van der Waals surface area contributed by atoms with Gasteiger partial charge in [-0.05, 0) is 134 Å². The minimum Gasteiger partial charge on any atom is -0.368 e. The highest BCUT2D eigenvalue weighted by Gasteiger charge is 2.36. The smallest absolute Gasteiger partial charge is 0.248 e. The molecule has 0 unspecified atom stereocenters. The second-order valence-electron chi connectivity index (χ2n) is 17.9. The van der Waals surface area contributed by atoms with E-state index in [1.165, 1.54) is 18.2 Å². The summed E-state index contributed by atoms with van der Waals surface area (Å²) >= 11 is 16.8. The lowest BCUT2D eigenvalue weighted by Crippen LogP contribution is -2.32. The molecule has 0 bridgehead atoms. The number of aryl methyl sites for hydroxylation is 6. The van der Waals surface area contributed by atoms with Crippen molar-refractivity contribution in [2.24, 2.45) is 5.73 Å². The molecule has 0 saturated heterocycles. The van der Waals surface area contributed by atoms with Crippen molar-refractivity contribution < 1.29 is 22.4 Å². The van der Waals surface area contributed by atoms with Gasteiger partial charge in [0.1, 0.15) is 38.7 Å². The number of rotatable bonds is 8. The largest absolute Gasteiger partial charge is 0.368 e. The van der Waals surface area contributed by atoms with Crippen LogP contribution in [-0.2, 0) is 0 Å². The summed E-state index contributed by atoms with van der Waals surface area (Å²) in [7, 11) is 0. The van der Waals surface area contributed by atoms with Gasteiger partial charge < -0.3 is 16.4 Å². The van der Waals surface area contributed by atoms with E-state index in [4.69, 9.17) is 60.3 Å². The highest BCUT2D eigenvalue weighted by Crippen LogP contribution is 2.36. The van der Waals surface area contributed by atoms with Crippen molar-refractivity contribution in [1.82, 2.24) is 49.3 Å². The van der Waals surface area contributed by atoms with Crippen molar-refractivity contribution in [3.8, 4) is 17.5 Å². The van der Waals surface area contributed by atoms with Gasteiger partial charge in [0, 0.05) is 60.4 Å². The van der Waals surface area contributed by atoms with E-state index in [9.17, 15) is 22.4 Å². The molecule has 390 valence electrons. The number of carbonyl (C=O) groups is 1. The molecule has 7 aromatic rings. The van der Waals surface area contributed by atoms with Gasteiger partial charge in [0.2, 0.25) is 17.8 Å². The number of hydrogen-bond donors (Lipinski definition) is 3. The van der Waals surface area contributed by atoms with Crippen LogP contribution in [0.5, 0.6) is 0 Å². The van der Waals surface area contributed by atoms with Crippen LogP contribution in [-0.4, -0.2) is 79.1 Å². The minimum absolute atomic E-state index is 0.0496. The van der Waals surface area contributed by atoms with Gasteiger partial charge in [0.15, 0.2) is 22.9 Å². The van der Waals surface area contributed by atoms with Crippen molar-refractivity contribution in [1.29, 1.82) is 0 Å². The van der Waals surface area contributed by atoms with Crippen LogP contribution in [0.15, 0.2) is 66.7 Å². The van der Waals surface area contributed by atoms with Gasteiger partial charge in [-0.15, -0.1) is 0 Å². The maximum absolute atomic E-state index is 13.3. The fraction of sp³-hybridized carbons (Fsp3) is 0.353. The molecule has 4 N–H and O–H groups in total. The Morgan fingerprint density at radius 1 is 0.533 bits per heavy atom. The summed E-state index contributed by atoms with van der Waals surface area (Å²) in [6.45, 7) is 32.3. The SMILES string of the molecule is Cc1cc(C)n(-c2cc(C(N)=O)cc(NC3CCC(F)(F)CC3)n2)n1.[C-]#[N+]c1cc(Cl)nc(-n2nc(C)cc2C)c1.[C-]#[N+]c1cc(Cl)nc(Cl)c1.[C-]#[N+]c1cc(NC2CCC(F)(F)CC2)nc(-n2nc(C)cc2C)c1. The van der Waals surface area contributed by atoms with Crippen LogP contribution in [0.1, 0.15) is 95.9 Å². The molecule has 0 aliphatic heterocycles. The zero-order valence-electron chi connectivity index (χ0n) is 41.6. The third-order valence-corrected chi connectivity index (χ3v) is 12.2. The number of carbonyl (C=O) groups excluding carboxylic acids is 1. The Bertz CT molecular complexity index is 3280. The van der Waals surface area contributed by atoms with Crippen molar-refractivity contribution in [3.63, 3.8) is 0 Å². The molecule has 75 heavy (non-hydrogen) atoms. The first-order chi connectivity index (χ1) is 35.4. The number of nitrogens with zero attached hydrogens (tertiary/aromatic N) is 13. The van der Waals surface area contributed by atoms with Gasteiger partial charge in [-0.1, -0.05) is 34.8 Å². The molecule has 9 rings (SSSR count). The molecule has 0 aromatic carbocycles. The van der Waals surface area contributed by atoms with Crippen LogP contribution in [0.3, 0.4) is 0 Å². The van der Waals surface area contributed by atoms with Gasteiger partial charge in [0.05, 0.1) is 36.8 Å². The van der Waals surface area contributed by atoms with Crippen LogP contribution in [0.2, 0.25) is 15.5 Å². The Hall–Kier alpha value is -7.64. The standard InChI is InChI=1S/C17H21F2N5O.C17H19F2N5.C11H9ClN4.C6H2Cl2N2/c1-10-7-11(2)24(23-10)15-9-12(16(20)25)8-14(22-15)21-13-3-5-17(18,19)6-4-13;1-11-8-12(2)24(23-11)16-10-14(20-3)9-15(22-16)21-13-4-6-17(18,19)7-5-13;1-7-4-8(2)16(15-7)11-6-9(13-3)5-10(12)14-11;1-9-4-2-5(7)10-6(8)3-4/h7-9,13H,3-6H2,1-2H3,(H2,20,25)(H,21,22);8-10,13H,4-7H2,1-2H3,(H,21,22);4-6H,1-2H3;2-3H. The minimum atomic E-state index is -2.59. The average molecular weight is 1090 g/mol. The predicted octanol–water partition coefficient (Wildman–Crippen LogP) is 13.4. The normalized spacial score (nSPS) is 14.7. The summed E-state index contributed by atoms with van der Waals surface area (Å²) in [6, 6.07) is 18.2. The second-order valence-corrected chi connectivity index (χ2v) is 19.1. The lowest BCUT2D eigenvalue weighted by atomic mass is 9.92. The van der Waals surface area contributed by atoms with Gasteiger partial charge in [-0.25, -0.2) is 66.1 Å². The van der Waals surface area contributed by atoms with E-state index in [0.29, 0.717) is 82.6 Å². The molecule has 24 heteroatoms. The Morgan fingerprint density at radius 3 is 1.23 bits per heavy atom. The molecular formula is C51H51Cl3F4N16O. The molecule has 17 nitrogen and oxygen atoms in total.